The van der Waals surface area contributed by atoms with Gasteiger partial charge in [0.2, 0.25) is 5.95 Å². The van der Waals surface area contributed by atoms with Crippen molar-refractivity contribution in [3.63, 3.8) is 0 Å². The molecule has 0 aromatic carbocycles. The van der Waals surface area contributed by atoms with Crippen molar-refractivity contribution < 1.29 is 0 Å². The topological polar surface area (TPSA) is 62.7 Å². The van der Waals surface area contributed by atoms with E-state index in [9.17, 15) is 0 Å². The summed E-state index contributed by atoms with van der Waals surface area (Å²) < 4.78 is 0. The first-order valence-electron chi connectivity index (χ1n) is 4.50. The predicted molar refractivity (Wildman–Crippen MR) is 61.0 cm³/mol. The van der Waals surface area contributed by atoms with E-state index in [1.165, 1.54) is 4.88 Å². The van der Waals surface area contributed by atoms with Crippen LogP contribution in [0.3, 0.4) is 0 Å². The molecular weight excluding hydrogens is 210 g/mol. The Balaban J connectivity index is 1.98. The van der Waals surface area contributed by atoms with Crippen LogP contribution in [0.1, 0.15) is 4.88 Å². The summed E-state index contributed by atoms with van der Waals surface area (Å²) in [6.07, 6.45) is 3.56. The molecule has 6 heteroatoms. The van der Waals surface area contributed by atoms with Gasteiger partial charge in [-0.25, -0.2) is 4.98 Å². The third kappa shape index (κ3) is 2.63. The lowest BCUT2D eigenvalue weighted by Gasteiger charge is -2.04. The van der Waals surface area contributed by atoms with Crippen molar-refractivity contribution in [2.45, 2.75) is 6.54 Å². The number of nitrogens with one attached hydrogen (secondary N) is 2. The van der Waals surface area contributed by atoms with Gasteiger partial charge in [0.25, 0.3) is 0 Å². The molecule has 2 aromatic heterocycles. The Kier molecular flexibility index (Phi) is 3.08. The number of anilines is 2. The smallest absolute Gasteiger partial charge is 0.224 e. The molecule has 2 rings (SSSR count). The van der Waals surface area contributed by atoms with Gasteiger partial charge >= 0.3 is 0 Å². The summed E-state index contributed by atoms with van der Waals surface area (Å²) in [6.45, 7) is 0.741. The molecule has 0 spiro atoms. The third-order valence-electron chi connectivity index (χ3n) is 1.81. The largest absolute Gasteiger partial charge is 0.365 e. The number of thiazole rings is 1. The fraction of sp³-hybridized carbons (Fsp3) is 0.222. The molecule has 15 heavy (non-hydrogen) atoms. The average molecular weight is 221 g/mol. The number of aromatic nitrogens is 3. The predicted octanol–water partition coefficient (Wildman–Crippen LogP) is 1.59. The second-order valence-electron chi connectivity index (χ2n) is 2.84. The zero-order valence-corrected chi connectivity index (χ0v) is 9.08. The minimum absolute atomic E-state index is 0.615. The van der Waals surface area contributed by atoms with E-state index in [-0.39, 0.29) is 0 Å². The van der Waals surface area contributed by atoms with Crippen LogP contribution in [0.4, 0.5) is 11.8 Å². The van der Waals surface area contributed by atoms with E-state index >= 15 is 0 Å². The van der Waals surface area contributed by atoms with E-state index in [1.807, 2.05) is 17.8 Å². The van der Waals surface area contributed by atoms with Crippen LogP contribution in [0.25, 0.3) is 0 Å². The molecule has 78 valence electrons. The molecule has 0 saturated heterocycles. The Bertz CT molecular complexity index is 414. The maximum absolute atomic E-state index is 4.24. The van der Waals surface area contributed by atoms with Crippen molar-refractivity contribution in [1.82, 2.24) is 15.0 Å². The van der Waals surface area contributed by atoms with Crippen molar-refractivity contribution in [1.29, 1.82) is 0 Å². The van der Waals surface area contributed by atoms with Gasteiger partial charge in [0.15, 0.2) is 0 Å². The molecule has 0 unspecified atom stereocenters. The van der Waals surface area contributed by atoms with Gasteiger partial charge in [-0.2, -0.15) is 4.98 Å². The van der Waals surface area contributed by atoms with Crippen molar-refractivity contribution >= 4 is 23.1 Å². The van der Waals surface area contributed by atoms with Crippen LogP contribution >= 0.6 is 11.3 Å². The lowest BCUT2D eigenvalue weighted by atomic mass is 10.5. The van der Waals surface area contributed by atoms with Gasteiger partial charge in [0.05, 0.1) is 12.1 Å². The van der Waals surface area contributed by atoms with Gasteiger partial charge < -0.3 is 10.6 Å². The van der Waals surface area contributed by atoms with Gasteiger partial charge in [-0.15, -0.1) is 11.3 Å². The molecule has 0 bridgehead atoms. The number of hydrogen-bond acceptors (Lipinski definition) is 6. The fourth-order valence-corrected chi connectivity index (χ4v) is 1.62. The molecular formula is C9H11N5S. The zero-order valence-electron chi connectivity index (χ0n) is 8.27. The van der Waals surface area contributed by atoms with E-state index in [1.54, 1.807) is 24.6 Å². The quantitative estimate of drug-likeness (QED) is 0.820. The molecule has 0 aliphatic heterocycles. The van der Waals surface area contributed by atoms with Gasteiger partial charge in [-0.05, 0) is 6.07 Å². The summed E-state index contributed by atoms with van der Waals surface area (Å²) in [4.78, 5) is 13.5. The Morgan fingerprint density at radius 2 is 2.40 bits per heavy atom. The molecule has 0 amide bonds. The van der Waals surface area contributed by atoms with E-state index < -0.39 is 0 Å². The molecule has 0 aliphatic rings. The van der Waals surface area contributed by atoms with E-state index in [0.717, 1.165) is 12.4 Å². The molecule has 2 heterocycles. The number of nitrogens with zero attached hydrogens (tertiary/aromatic N) is 3. The lowest BCUT2D eigenvalue weighted by molar-refractivity contribution is 1.09. The maximum Gasteiger partial charge on any atom is 0.224 e. The SMILES string of the molecule is CNc1nccc(NCc2cncs2)n1. The molecule has 0 atom stereocenters. The summed E-state index contributed by atoms with van der Waals surface area (Å²) in [6, 6.07) is 1.84. The van der Waals surface area contributed by atoms with Gasteiger partial charge in [0.1, 0.15) is 5.82 Å². The highest BCUT2D eigenvalue weighted by atomic mass is 32.1. The van der Waals surface area contributed by atoms with Crippen molar-refractivity contribution in [3.8, 4) is 0 Å². The minimum Gasteiger partial charge on any atom is -0.365 e. The molecule has 0 aliphatic carbocycles. The minimum atomic E-state index is 0.615. The third-order valence-corrected chi connectivity index (χ3v) is 2.59. The highest BCUT2D eigenvalue weighted by Crippen LogP contribution is 2.10. The van der Waals surface area contributed by atoms with E-state index in [0.29, 0.717) is 5.95 Å². The van der Waals surface area contributed by atoms with Crippen LogP contribution in [-0.2, 0) is 6.54 Å². The van der Waals surface area contributed by atoms with Crippen LogP contribution in [0.15, 0.2) is 24.0 Å². The summed E-state index contributed by atoms with van der Waals surface area (Å²) in [5.74, 6) is 1.42. The summed E-state index contributed by atoms with van der Waals surface area (Å²) >= 11 is 1.62. The molecule has 5 nitrogen and oxygen atoms in total. The second-order valence-corrected chi connectivity index (χ2v) is 3.81. The summed E-state index contributed by atoms with van der Waals surface area (Å²) in [5, 5.41) is 6.09. The lowest BCUT2D eigenvalue weighted by Crippen LogP contribution is -2.03. The zero-order chi connectivity index (χ0) is 10.5. The van der Waals surface area contributed by atoms with Gasteiger partial charge in [-0.1, -0.05) is 0 Å². The monoisotopic (exact) mass is 221 g/mol. The normalized spacial score (nSPS) is 9.93. The Morgan fingerprint density at radius 3 is 3.13 bits per heavy atom. The first kappa shape index (κ1) is 9.85. The Labute approximate surface area is 91.6 Å². The standard InChI is InChI=1S/C9H11N5S/c1-10-9-12-3-2-8(14-9)13-5-7-4-11-6-15-7/h2-4,6H,5H2,1H3,(H2,10,12,13,14). The number of hydrogen-bond donors (Lipinski definition) is 2. The van der Waals surface area contributed by atoms with Crippen LogP contribution in [0, 0.1) is 0 Å². The maximum atomic E-state index is 4.24. The highest BCUT2D eigenvalue weighted by Gasteiger charge is 1.98. The second kappa shape index (κ2) is 4.70. The van der Waals surface area contributed by atoms with Crippen LogP contribution in [0.2, 0.25) is 0 Å². The summed E-state index contributed by atoms with van der Waals surface area (Å²) in [5.41, 5.74) is 1.82. The van der Waals surface area contributed by atoms with E-state index in [2.05, 4.69) is 25.6 Å². The van der Waals surface area contributed by atoms with Crippen molar-refractivity contribution in [3.05, 3.63) is 28.8 Å². The van der Waals surface area contributed by atoms with Crippen LogP contribution in [-0.4, -0.2) is 22.0 Å². The first-order valence-corrected chi connectivity index (χ1v) is 5.38. The van der Waals surface area contributed by atoms with Crippen LogP contribution in [0.5, 0.6) is 0 Å². The highest BCUT2D eigenvalue weighted by molar-refractivity contribution is 7.09. The van der Waals surface area contributed by atoms with Crippen LogP contribution < -0.4 is 10.6 Å². The Morgan fingerprint density at radius 1 is 1.47 bits per heavy atom. The van der Waals surface area contributed by atoms with Crippen molar-refractivity contribution in [2.24, 2.45) is 0 Å². The molecule has 2 N–H and O–H groups in total. The fourth-order valence-electron chi connectivity index (χ4n) is 1.08. The average Bonchev–Trinajstić information content (AvgIpc) is 2.79. The van der Waals surface area contributed by atoms with Gasteiger partial charge in [0, 0.05) is 24.3 Å². The summed E-state index contributed by atoms with van der Waals surface area (Å²) in [7, 11) is 1.79. The van der Waals surface area contributed by atoms with Crippen molar-refractivity contribution in [2.75, 3.05) is 17.7 Å². The Hall–Kier alpha value is -1.69. The molecule has 0 saturated carbocycles. The number of rotatable bonds is 4. The van der Waals surface area contributed by atoms with E-state index in [4.69, 9.17) is 0 Å². The molecule has 0 radical (unpaired) electrons. The van der Waals surface area contributed by atoms with Gasteiger partial charge in [-0.3, -0.25) is 4.98 Å². The first-order chi connectivity index (χ1) is 7.38. The molecule has 2 aromatic rings. The molecule has 0 fully saturated rings.